The van der Waals surface area contributed by atoms with Crippen LogP contribution < -0.4 is 16.0 Å². The molecule has 0 radical (unpaired) electrons. The molecule has 146 valence electrons. The van der Waals surface area contributed by atoms with Gasteiger partial charge in [-0.3, -0.25) is 9.20 Å². The summed E-state index contributed by atoms with van der Waals surface area (Å²) in [5.74, 6) is 0.252. The van der Waals surface area contributed by atoms with Crippen LogP contribution in [-0.2, 0) is 4.79 Å². The molecule has 2 atom stereocenters. The largest absolute Gasteiger partial charge is 0.345 e. The summed E-state index contributed by atoms with van der Waals surface area (Å²) in [4.78, 5) is 25.1. The Balaban J connectivity index is 1.66. The van der Waals surface area contributed by atoms with E-state index in [1.807, 2.05) is 67.8 Å². The number of carbonyl (C=O) groups is 2. The zero-order chi connectivity index (χ0) is 20.1. The van der Waals surface area contributed by atoms with Crippen molar-refractivity contribution in [2.45, 2.75) is 32.9 Å². The Morgan fingerprint density at radius 1 is 0.929 bits per heavy atom. The normalized spacial score (nSPS) is 13.1. The standard InChI is InChI=1S/C20H24N6O2/c1-13(2)17(23-20(28)22-15-9-5-4-6-10-15)19(27)21-14(3)18-25-24-16-11-7-8-12-26(16)18/h4-14,17H,1-3H3,(H,21,27)(H2,22,23,28). The molecule has 28 heavy (non-hydrogen) atoms. The number of carbonyl (C=O) groups excluding carboxylic acids is 2. The van der Waals surface area contributed by atoms with E-state index in [9.17, 15) is 9.59 Å². The number of anilines is 1. The van der Waals surface area contributed by atoms with Gasteiger partial charge in [-0.25, -0.2) is 4.79 Å². The molecule has 1 aromatic carbocycles. The van der Waals surface area contributed by atoms with Gasteiger partial charge in [-0.15, -0.1) is 10.2 Å². The average molecular weight is 380 g/mol. The smallest absolute Gasteiger partial charge is 0.319 e. The van der Waals surface area contributed by atoms with Gasteiger partial charge in [-0.2, -0.15) is 0 Å². The van der Waals surface area contributed by atoms with E-state index in [1.54, 1.807) is 12.1 Å². The number of rotatable bonds is 6. The molecule has 0 fully saturated rings. The Labute approximate surface area is 163 Å². The second kappa shape index (κ2) is 8.51. The predicted molar refractivity (Wildman–Crippen MR) is 107 cm³/mol. The highest BCUT2D eigenvalue weighted by atomic mass is 16.2. The number of hydrogen-bond donors (Lipinski definition) is 3. The minimum absolute atomic E-state index is 0.0936. The zero-order valence-corrected chi connectivity index (χ0v) is 16.1. The van der Waals surface area contributed by atoms with Gasteiger partial charge < -0.3 is 16.0 Å². The van der Waals surface area contributed by atoms with Crippen LogP contribution in [0.1, 0.15) is 32.6 Å². The van der Waals surface area contributed by atoms with Crippen LogP contribution in [0.25, 0.3) is 5.65 Å². The van der Waals surface area contributed by atoms with Gasteiger partial charge in [0.25, 0.3) is 0 Å². The minimum Gasteiger partial charge on any atom is -0.345 e. The number of urea groups is 1. The van der Waals surface area contributed by atoms with E-state index in [4.69, 9.17) is 0 Å². The van der Waals surface area contributed by atoms with Crippen molar-refractivity contribution in [3.63, 3.8) is 0 Å². The Morgan fingerprint density at radius 2 is 1.64 bits per heavy atom. The molecule has 0 aliphatic carbocycles. The summed E-state index contributed by atoms with van der Waals surface area (Å²) in [5, 5.41) is 16.7. The monoisotopic (exact) mass is 380 g/mol. The van der Waals surface area contributed by atoms with E-state index < -0.39 is 12.1 Å². The first-order chi connectivity index (χ1) is 13.5. The van der Waals surface area contributed by atoms with Crippen LogP contribution in [0.15, 0.2) is 54.7 Å². The van der Waals surface area contributed by atoms with Crippen LogP contribution in [0.4, 0.5) is 10.5 Å². The fourth-order valence-electron chi connectivity index (χ4n) is 2.89. The van der Waals surface area contributed by atoms with Crippen molar-refractivity contribution in [1.29, 1.82) is 0 Å². The summed E-state index contributed by atoms with van der Waals surface area (Å²) in [6.07, 6.45) is 1.85. The van der Waals surface area contributed by atoms with Crippen LogP contribution in [0.2, 0.25) is 0 Å². The van der Waals surface area contributed by atoms with Gasteiger partial charge in [0.2, 0.25) is 5.91 Å². The summed E-state index contributed by atoms with van der Waals surface area (Å²) in [7, 11) is 0. The average Bonchev–Trinajstić information content (AvgIpc) is 3.11. The predicted octanol–water partition coefficient (Wildman–Crippen LogP) is 2.75. The van der Waals surface area contributed by atoms with Gasteiger partial charge in [0.1, 0.15) is 6.04 Å². The number of para-hydroxylation sites is 1. The van der Waals surface area contributed by atoms with Crippen molar-refractivity contribution < 1.29 is 9.59 Å². The summed E-state index contributed by atoms with van der Waals surface area (Å²) >= 11 is 0. The van der Waals surface area contributed by atoms with E-state index >= 15 is 0 Å². The van der Waals surface area contributed by atoms with Crippen molar-refractivity contribution in [2.24, 2.45) is 5.92 Å². The molecule has 3 aromatic rings. The summed E-state index contributed by atoms with van der Waals surface area (Å²) in [6.45, 7) is 5.59. The maximum absolute atomic E-state index is 12.8. The number of fused-ring (bicyclic) bond motifs is 1. The van der Waals surface area contributed by atoms with Crippen molar-refractivity contribution in [3.05, 3.63) is 60.6 Å². The molecule has 8 heteroatoms. The number of nitrogens with one attached hydrogen (secondary N) is 3. The maximum Gasteiger partial charge on any atom is 0.319 e. The number of aromatic nitrogens is 3. The van der Waals surface area contributed by atoms with Gasteiger partial charge in [0.05, 0.1) is 6.04 Å². The lowest BCUT2D eigenvalue weighted by Crippen LogP contribution is -2.51. The molecule has 0 aliphatic heterocycles. The van der Waals surface area contributed by atoms with Gasteiger partial charge in [0, 0.05) is 11.9 Å². The highest BCUT2D eigenvalue weighted by molar-refractivity contribution is 5.93. The molecule has 3 amide bonds. The third-order valence-electron chi connectivity index (χ3n) is 4.35. The van der Waals surface area contributed by atoms with Crippen LogP contribution in [0, 0.1) is 5.92 Å². The van der Waals surface area contributed by atoms with E-state index in [0.29, 0.717) is 17.2 Å². The zero-order valence-electron chi connectivity index (χ0n) is 16.1. The molecule has 2 unspecified atom stereocenters. The lowest BCUT2D eigenvalue weighted by Gasteiger charge is -2.23. The van der Waals surface area contributed by atoms with Crippen LogP contribution in [-0.4, -0.2) is 32.6 Å². The molecule has 2 heterocycles. The van der Waals surface area contributed by atoms with Crippen molar-refractivity contribution >= 4 is 23.3 Å². The molecule has 0 spiro atoms. The first-order valence-corrected chi connectivity index (χ1v) is 9.18. The number of hydrogen-bond acceptors (Lipinski definition) is 4. The first-order valence-electron chi connectivity index (χ1n) is 9.18. The van der Waals surface area contributed by atoms with Crippen LogP contribution >= 0.6 is 0 Å². The third kappa shape index (κ3) is 4.46. The summed E-state index contributed by atoms with van der Waals surface area (Å²) in [5.41, 5.74) is 1.37. The van der Waals surface area contributed by atoms with Gasteiger partial charge in [0.15, 0.2) is 11.5 Å². The van der Waals surface area contributed by atoms with E-state index in [0.717, 1.165) is 0 Å². The molecular weight excluding hydrogens is 356 g/mol. The Morgan fingerprint density at radius 3 is 2.36 bits per heavy atom. The molecule has 3 rings (SSSR count). The van der Waals surface area contributed by atoms with Crippen molar-refractivity contribution in [1.82, 2.24) is 25.2 Å². The highest BCUT2D eigenvalue weighted by Gasteiger charge is 2.26. The summed E-state index contributed by atoms with van der Waals surface area (Å²) < 4.78 is 1.82. The van der Waals surface area contributed by atoms with Crippen molar-refractivity contribution in [3.8, 4) is 0 Å². The fourth-order valence-corrected chi connectivity index (χ4v) is 2.89. The minimum atomic E-state index is -0.689. The lowest BCUT2D eigenvalue weighted by atomic mass is 10.0. The van der Waals surface area contributed by atoms with Gasteiger partial charge in [-0.1, -0.05) is 38.1 Å². The van der Waals surface area contributed by atoms with E-state index in [2.05, 4.69) is 26.1 Å². The molecular formula is C20H24N6O2. The number of pyridine rings is 1. The molecule has 0 bridgehead atoms. The highest BCUT2D eigenvalue weighted by Crippen LogP contribution is 2.13. The van der Waals surface area contributed by atoms with Crippen LogP contribution in [0.5, 0.6) is 0 Å². The Hall–Kier alpha value is -3.42. The number of benzene rings is 1. The van der Waals surface area contributed by atoms with Gasteiger partial charge >= 0.3 is 6.03 Å². The van der Waals surface area contributed by atoms with Gasteiger partial charge in [-0.05, 0) is 37.1 Å². The third-order valence-corrected chi connectivity index (χ3v) is 4.35. The first kappa shape index (κ1) is 19.3. The quantitative estimate of drug-likeness (QED) is 0.612. The van der Waals surface area contributed by atoms with E-state index in [-0.39, 0.29) is 17.9 Å². The molecule has 0 aliphatic rings. The number of nitrogens with zero attached hydrogens (tertiary/aromatic N) is 3. The summed E-state index contributed by atoms with van der Waals surface area (Å²) in [6, 6.07) is 13.2. The molecule has 8 nitrogen and oxygen atoms in total. The topological polar surface area (TPSA) is 100 Å². The SMILES string of the molecule is CC(NC(=O)C(NC(=O)Nc1ccccc1)C(C)C)c1nnc2ccccn12. The molecule has 0 saturated heterocycles. The number of amides is 3. The van der Waals surface area contributed by atoms with E-state index in [1.165, 1.54) is 0 Å². The Bertz CT molecular complexity index is 953. The molecule has 0 saturated carbocycles. The van der Waals surface area contributed by atoms with Crippen LogP contribution in [0.3, 0.4) is 0 Å². The maximum atomic E-state index is 12.8. The second-order valence-corrected chi connectivity index (χ2v) is 6.90. The lowest BCUT2D eigenvalue weighted by molar-refractivity contribution is -0.124. The molecule has 2 aromatic heterocycles. The van der Waals surface area contributed by atoms with Crippen molar-refractivity contribution in [2.75, 3.05) is 5.32 Å². The fraction of sp³-hybridized carbons (Fsp3) is 0.300. The Kier molecular flexibility index (Phi) is 5.88. The second-order valence-electron chi connectivity index (χ2n) is 6.90. The molecule has 3 N–H and O–H groups in total.